The Morgan fingerprint density at radius 2 is 2.05 bits per heavy atom. The fraction of sp³-hybridized carbons (Fsp3) is 0.417. The van der Waals surface area contributed by atoms with Crippen molar-refractivity contribution < 1.29 is 26.7 Å². The average molecular weight is 333 g/mol. The van der Waals surface area contributed by atoms with Crippen LogP contribution in [0.4, 0.5) is 0 Å². The summed E-state index contributed by atoms with van der Waals surface area (Å²) in [6, 6.07) is 3.29. The first kappa shape index (κ1) is 15.9. The van der Waals surface area contributed by atoms with Crippen LogP contribution in [0.25, 0.3) is 0 Å². The molecule has 1 saturated heterocycles. The number of aromatic carboxylic acids is 1. The minimum Gasteiger partial charge on any atom is -0.478 e. The molecular formula is C12H15NO6S2. The summed E-state index contributed by atoms with van der Waals surface area (Å²) >= 11 is 0. The number of nitrogens with one attached hydrogen (secondary N) is 1. The van der Waals surface area contributed by atoms with Gasteiger partial charge < -0.3 is 5.11 Å². The van der Waals surface area contributed by atoms with Gasteiger partial charge in [-0.1, -0.05) is 6.07 Å². The summed E-state index contributed by atoms with van der Waals surface area (Å²) in [5, 5.41) is 9.01. The standard InChI is InChI=1S/C12H15NO6S2/c1-8-10(12(14)15)3-2-4-11(8)21(18,19)13-9-5-6-20(16,17)7-9/h2-4,9,13H,5-7H2,1H3,(H,14,15). The van der Waals surface area contributed by atoms with E-state index in [-0.39, 0.29) is 33.9 Å². The molecule has 116 valence electrons. The summed E-state index contributed by atoms with van der Waals surface area (Å²) in [4.78, 5) is 10.9. The Morgan fingerprint density at radius 1 is 1.38 bits per heavy atom. The zero-order valence-electron chi connectivity index (χ0n) is 11.2. The van der Waals surface area contributed by atoms with E-state index in [1.165, 1.54) is 25.1 Å². The monoisotopic (exact) mass is 333 g/mol. The number of sulfone groups is 1. The number of carbonyl (C=O) groups is 1. The lowest BCUT2D eigenvalue weighted by atomic mass is 10.1. The molecule has 1 unspecified atom stereocenters. The Kier molecular flexibility index (Phi) is 4.09. The molecule has 1 aliphatic heterocycles. The van der Waals surface area contributed by atoms with Gasteiger partial charge in [-0.2, -0.15) is 0 Å². The van der Waals surface area contributed by atoms with E-state index in [4.69, 9.17) is 5.11 Å². The first-order valence-electron chi connectivity index (χ1n) is 6.18. The van der Waals surface area contributed by atoms with Gasteiger partial charge in [-0.25, -0.2) is 26.4 Å². The molecule has 0 spiro atoms. The van der Waals surface area contributed by atoms with E-state index in [9.17, 15) is 21.6 Å². The summed E-state index contributed by atoms with van der Waals surface area (Å²) in [5.74, 6) is -1.49. The summed E-state index contributed by atoms with van der Waals surface area (Å²) in [6.07, 6.45) is 0.221. The predicted molar refractivity (Wildman–Crippen MR) is 75.5 cm³/mol. The second kappa shape index (κ2) is 5.39. The molecule has 1 aliphatic rings. The smallest absolute Gasteiger partial charge is 0.335 e. The molecule has 0 aromatic heterocycles. The van der Waals surface area contributed by atoms with Gasteiger partial charge in [0.25, 0.3) is 0 Å². The van der Waals surface area contributed by atoms with Crippen LogP contribution in [0.1, 0.15) is 22.3 Å². The Balaban J connectivity index is 2.33. The van der Waals surface area contributed by atoms with Crippen molar-refractivity contribution in [1.29, 1.82) is 0 Å². The lowest BCUT2D eigenvalue weighted by Gasteiger charge is -2.14. The third-order valence-electron chi connectivity index (χ3n) is 3.36. The zero-order valence-corrected chi connectivity index (χ0v) is 12.9. The van der Waals surface area contributed by atoms with Crippen LogP contribution in [0, 0.1) is 6.92 Å². The molecule has 1 heterocycles. The van der Waals surface area contributed by atoms with Crippen LogP contribution in [0.15, 0.2) is 23.1 Å². The first-order chi connectivity index (χ1) is 9.62. The Hall–Kier alpha value is -1.45. The van der Waals surface area contributed by atoms with E-state index >= 15 is 0 Å². The molecule has 9 heteroatoms. The molecule has 2 N–H and O–H groups in total. The van der Waals surface area contributed by atoms with E-state index in [1.807, 2.05) is 0 Å². The second-order valence-electron chi connectivity index (χ2n) is 4.96. The molecule has 1 atom stereocenters. The fourth-order valence-electron chi connectivity index (χ4n) is 2.31. The van der Waals surface area contributed by atoms with E-state index < -0.39 is 31.9 Å². The van der Waals surface area contributed by atoms with E-state index in [0.29, 0.717) is 0 Å². The maximum atomic E-state index is 12.3. The minimum atomic E-state index is -3.96. The van der Waals surface area contributed by atoms with E-state index in [2.05, 4.69) is 4.72 Å². The average Bonchev–Trinajstić information content (AvgIpc) is 2.67. The molecule has 0 aliphatic carbocycles. The number of rotatable bonds is 4. The maximum Gasteiger partial charge on any atom is 0.335 e. The molecule has 0 saturated carbocycles. The molecular weight excluding hydrogens is 318 g/mol. The van der Waals surface area contributed by atoms with Crippen molar-refractivity contribution in [1.82, 2.24) is 4.72 Å². The molecule has 2 rings (SSSR count). The van der Waals surface area contributed by atoms with Crippen molar-refractivity contribution in [3.8, 4) is 0 Å². The van der Waals surface area contributed by atoms with Crippen LogP contribution in [0.5, 0.6) is 0 Å². The summed E-state index contributed by atoms with van der Waals surface area (Å²) in [5.41, 5.74) is 0.0234. The summed E-state index contributed by atoms with van der Waals surface area (Å²) in [7, 11) is -7.16. The molecule has 21 heavy (non-hydrogen) atoms. The maximum absolute atomic E-state index is 12.3. The van der Waals surface area contributed by atoms with Crippen molar-refractivity contribution in [3.63, 3.8) is 0 Å². The number of carboxylic acid groups (broad SMARTS) is 1. The minimum absolute atomic E-state index is 0.0473. The Labute approximate surface area is 123 Å². The number of benzene rings is 1. The number of hydrogen-bond acceptors (Lipinski definition) is 5. The number of hydrogen-bond donors (Lipinski definition) is 2. The summed E-state index contributed by atoms with van der Waals surface area (Å²) < 4.78 is 49.6. The highest BCUT2D eigenvalue weighted by atomic mass is 32.2. The predicted octanol–water partition coefficient (Wildman–Crippen LogP) is 0.159. The highest BCUT2D eigenvalue weighted by Crippen LogP contribution is 2.21. The van der Waals surface area contributed by atoms with Gasteiger partial charge in [0.05, 0.1) is 22.0 Å². The highest BCUT2D eigenvalue weighted by Gasteiger charge is 2.32. The van der Waals surface area contributed by atoms with Crippen molar-refractivity contribution in [2.45, 2.75) is 24.3 Å². The van der Waals surface area contributed by atoms with Crippen molar-refractivity contribution in [3.05, 3.63) is 29.3 Å². The molecule has 7 nitrogen and oxygen atoms in total. The van der Waals surface area contributed by atoms with Gasteiger partial charge in [-0.3, -0.25) is 0 Å². The number of sulfonamides is 1. The highest BCUT2D eigenvalue weighted by molar-refractivity contribution is 7.92. The molecule has 0 radical (unpaired) electrons. The van der Waals surface area contributed by atoms with Gasteiger partial charge in [0.1, 0.15) is 0 Å². The molecule has 1 aromatic carbocycles. The summed E-state index contributed by atoms with van der Waals surface area (Å²) in [6.45, 7) is 1.41. The molecule has 1 fully saturated rings. The normalized spacial score (nSPS) is 21.3. The van der Waals surface area contributed by atoms with Crippen molar-refractivity contribution in [2.75, 3.05) is 11.5 Å². The van der Waals surface area contributed by atoms with E-state index in [0.717, 1.165) is 0 Å². The third-order valence-corrected chi connectivity index (χ3v) is 6.79. The molecule has 0 amide bonds. The molecule has 1 aromatic rings. The van der Waals surface area contributed by atoms with Crippen LogP contribution in [-0.2, 0) is 19.9 Å². The largest absolute Gasteiger partial charge is 0.478 e. The van der Waals surface area contributed by atoms with Crippen molar-refractivity contribution in [2.24, 2.45) is 0 Å². The zero-order chi connectivity index (χ0) is 15.8. The van der Waals surface area contributed by atoms with Crippen LogP contribution in [-0.4, -0.2) is 45.5 Å². The van der Waals surface area contributed by atoms with Gasteiger partial charge in [-0.15, -0.1) is 0 Å². The molecule has 0 bridgehead atoms. The van der Waals surface area contributed by atoms with Gasteiger partial charge >= 0.3 is 5.97 Å². The van der Waals surface area contributed by atoms with Crippen LogP contribution in [0.3, 0.4) is 0 Å². The van der Waals surface area contributed by atoms with Crippen molar-refractivity contribution >= 4 is 25.8 Å². The fourth-order valence-corrected chi connectivity index (χ4v) is 5.62. The lowest BCUT2D eigenvalue weighted by Crippen LogP contribution is -2.36. The number of carboxylic acids is 1. The SMILES string of the molecule is Cc1c(C(=O)O)cccc1S(=O)(=O)NC1CCS(=O)(=O)C1. The Morgan fingerprint density at radius 3 is 2.57 bits per heavy atom. The Bertz CT molecular complexity index is 782. The van der Waals surface area contributed by atoms with Crippen LogP contribution < -0.4 is 4.72 Å². The van der Waals surface area contributed by atoms with Crippen LogP contribution >= 0.6 is 0 Å². The topological polar surface area (TPSA) is 118 Å². The first-order valence-corrected chi connectivity index (χ1v) is 9.48. The van der Waals surface area contributed by atoms with Gasteiger partial charge in [0.15, 0.2) is 9.84 Å². The van der Waals surface area contributed by atoms with Gasteiger partial charge in [0.2, 0.25) is 10.0 Å². The quantitative estimate of drug-likeness (QED) is 0.810. The van der Waals surface area contributed by atoms with Gasteiger partial charge in [0, 0.05) is 6.04 Å². The second-order valence-corrected chi connectivity index (χ2v) is 8.87. The lowest BCUT2D eigenvalue weighted by molar-refractivity contribution is 0.0695. The van der Waals surface area contributed by atoms with Gasteiger partial charge in [-0.05, 0) is 31.0 Å². The van der Waals surface area contributed by atoms with Crippen LogP contribution in [0.2, 0.25) is 0 Å². The third kappa shape index (κ3) is 3.42. The van der Waals surface area contributed by atoms with E-state index in [1.54, 1.807) is 0 Å².